The van der Waals surface area contributed by atoms with Gasteiger partial charge in [-0.15, -0.1) is 11.3 Å². The molecule has 0 spiro atoms. The Balaban J connectivity index is 1.50. The summed E-state index contributed by atoms with van der Waals surface area (Å²) >= 11 is 4.87. The molecule has 5 nitrogen and oxygen atoms in total. The number of nitrogens with zero attached hydrogens (tertiary/aromatic N) is 1. The van der Waals surface area contributed by atoms with Crippen LogP contribution in [0.2, 0.25) is 0 Å². The molecule has 0 atom stereocenters. The van der Waals surface area contributed by atoms with E-state index in [2.05, 4.69) is 27.8 Å². The van der Waals surface area contributed by atoms with Crippen molar-refractivity contribution in [3.05, 3.63) is 68.3 Å². The quantitative estimate of drug-likeness (QED) is 0.383. The lowest BCUT2D eigenvalue weighted by Gasteiger charge is -2.27. The largest absolute Gasteiger partial charge is 0.507 e. The van der Waals surface area contributed by atoms with Crippen molar-refractivity contribution >= 4 is 38.2 Å². The van der Waals surface area contributed by atoms with Gasteiger partial charge in [-0.1, -0.05) is 35.0 Å². The van der Waals surface area contributed by atoms with Crippen molar-refractivity contribution in [2.75, 3.05) is 13.1 Å². The number of benzene rings is 2. The van der Waals surface area contributed by atoms with Gasteiger partial charge in [0.25, 0.3) is 0 Å². The van der Waals surface area contributed by atoms with E-state index in [4.69, 9.17) is 4.42 Å². The van der Waals surface area contributed by atoms with E-state index < -0.39 is 5.63 Å². The van der Waals surface area contributed by atoms with Crippen LogP contribution in [-0.4, -0.2) is 23.2 Å². The maximum Gasteiger partial charge on any atom is 0.346 e. The molecule has 5 rings (SSSR count). The van der Waals surface area contributed by atoms with Crippen molar-refractivity contribution in [2.24, 2.45) is 5.92 Å². The number of piperidine rings is 1. The highest BCUT2D eigenvalue weighted by atomic mass is 79.9. The molecule has 2 aromatic heterocycles. The highest BCUT2D eigenvalue weighted by molar-refractivity contribution is 9.10. The third-order valence-corrected chi connectivity index (χ3v) is 7.67. The van der Waals surface area contributed by atoms with Gasteiger partial charge >= 0.3 is 5.63 Å². The first-order chi connectivity index (χ1) is 15.5. The summed E-state index contributed by atoms with van der Waals surface area (Å²) in [5.41, 5.74) is 3.03. The Morgan fingerprint density at radius 2 is 1.94 bits per heavy atom. The fourth-order valence-corrected chi connectivity index (χ4v) is 5.40. The molecular weight excluding hydrogens is 488 g/mol. The van der Waals surface area contributed by atoms with Crippen molar-refractivity contribution in [1.29, 1.82) is 0 Å². The number of rotatable bonds is 4. The molecule has 164 valence electrons. The predicted molar refractivity (Wildman–Crippen MR) is 131 cm³/mol. The van der Waals surface area contributed by atoms with Gasteiger partial charge in [0.15, 0.2) is 5.58 Å². The molecular formula is C25H24BrN2O3S+. The van der Waals surface area contributed by atoms with Crippen LogP contribution in [0.1, 0.15) is 25.3 Å². The van der Waals surface area contributed by atoms with E-state index in [1.165, 1.54) is 29.1 Å². The number of aromatic hydroxyl groups is 1. The molecule has 4 aromatic rings. The number of hydrogen-bond acceptors (Lipinski definition) is 5. The van der Waals surface area contributed by atoms with Crippen LogP contribution in [0, 0.1) is 5.92 Å². The lowest BCUT2D eigenvalue weighted by molar-refractivity contribution is -0.919. The number of fused-ring (bicyclic) bond motifs is 1. The second-order valence-corrected chi connectivity index (χ2v) is 10.4. The summed E-state index contributed by atoms with van der Waals surface area (Å²) in [5, 5.41) is 13.9. The summed E-state index contributed by atoms with van der Waals surface area (Å²) in [4.78, 5) is 19.0. The second kappa shape index (κ2) is 8.81. The number of phenols is 1. The molecule has 2 N–H and O–H groups in total. The highest BCUT2D eigenvalue weighted by Crippen LogP contribution is 2.32. The number of hydrogen-bond donors (Lipinski definition) is 2. The van der Waals surface area contributed by atoms with Crippen LogP contribution in [-0.2, 0) is 6.54 Å². The Labute approximate surface area is 198 Å². The first kappa shape index (κ1) is 21.4. The lowest BCUT2D eigenvalue weighted by Crippen LogP contribution is -3.11. The van der Waals surface area contributed by atoms with Crippen molar-refractivity contribution in [1.82, 2.24) is 4.98 Å². The standard InChI is InChI=1S/C25H23BrN2O3S/c1-15-8-10-28(11-9-15)13-20-22(29)7-4-17-12-19(25(30)31-23(17)20)24-27-21(14-32-24)16-2-5-18(26)6-3-16/h2-7,12,14-15,29H,8-11,13H2,1H3/p+1. The van der Waals surface area contributed by atoms with Gasteiger partial charge in [0, 0.05) is 20.8 Å². The molecule has 0 radical (unpaired) electrons. The van der Waals surface area contributed by atoms with E-state index in [-0.39, 0.29) is 5.75 Å². The minimum atomic E-state index is -0.427. The Morgan fingerprint density at radius 1 is 1.19 bits per heavy atom. The van der Waals surface area contributed by atoms with Gasteiger partial charge in [0.05, 0.1) is 29.9 Å². The molecule has 1 aliphatic rings. The number of aromatic nitrogens is 1. The van der Waals surface area contributed by atoms with Crippen LogP contribution in [0.15, 0.2) is 61.5 Å². The minimum Gasteiger partial charge on any atom is -0.507 e. The lowest BCUT2D eigenvalue weighted by atomic mass is 9.98. The molecule has 0 saturated carbocycles. The molecule has 1 aliphatic heterocycles. The molecule has 2 aromatic carbocycles. The third kappa shape index (κ3) is 4.25. The summed E-state index contributed by atoms with van der Waals surface area (Å²) in [6, 6.07) is 13.3. The van der Waals surface area contributed by atoms with E-state index in [1.54, 1.807) is 12.1 Å². The SMILES string of the molecule is CC1CC[NH+](Cc2c(O)ccc3cc(-c4nc(-c5ccc(Br)cc5)cs4)c(=O)oc23)CC1. The van der Waals surface area contributed by atoms with E-state index in [0.717, 1.165) is 40.1 Å². The molecule has 0 aliphatic carbocycles. The first-order valence-electron chi connectivity index (χ1n) is 10.8. The molecule has 3 heterocycles. The topological polar surface area (TPSA) is 67.8 Å². The summed E-state index contributed by atoms with van der Waals surface area (Å²) < 4.78 is 6.79. The van der Waals surface area contributed by atoms with Crippen molar-refractivity contribution < 1.29 is 14.4 Å². The maximum absolute atomic E-state index is 12.9. The summed E-state index contributed by atoms with van der Waals surface area (Å²) in [6.45, 7) is 5.07. The summed E-state index contributed by atoms with van der Waals surface area (Å²) in [6.07, 6.45) is 2.36. The minimum absolute atomic E-state index is 0.186. The molecule has 0 bridgehead atoms. The molecule has 0 amide bonds. The zero-order valence-corrected chi connectivity index (χ0v) is 20.1. The van der Waals surface area contributed by atoms with Gasteiger partial charge in [-0.3, -0.25) is 0 Å². The second-order valence-electron chi connectivity index (χ2n) is 8.58. The normalized spacial score (nSPS) is 18.8. The Bertz CT molecular complexity index is 1320. The average molecular weight is 512 g/mol. The van der Waals surface area contributed by atoms with E-state index in [9.17, 15) is 9.90 Å². The maximum atomic E-state index is 12.9. The molecule has 0 unspecified atom stereocenters. The summed E-state index contributed by atoms with van der Waals surface area (Å²) in [7, 11) is 0. The van der Waals surface area contributed by atoms with E-state index in [1.807, 2.05) is 35.7 Å². The number of thiazole rings is 1. The number of phenolic OH excluding ortho intramolecular Hbond substituents is 1. The van der Waals surface area contributed by atoms with Gasteiger partial charge in [0.2, 0.25) is 0 Å². The zero-order valence-electron chi connectivity index (χ0n) is 17.7. The third-order valence-electron chi connectivity index (χ3n) is 6.26. The van der Waals surface area contributed by atoms with Crippen molar-refractivity contribution in [3.63, 3.8) is 0 Å². The van der Waals surface area contributed by atoms with E-state index >= 15 is 0 Å². The molecule has 1 fully saturated rings. The Morgan fingerprint density at radius 3 is 2.69 bits per heavy atom. The first-order valence-corrected chi connectivity index (χ1v) is 12.5. The number of likely N-dealkylation sites (tertiary alicyclic amines) is 1. The molecule has 7 heteroatoms. The molecule has 32 heavy (non-hydrogen) atoms. The monoisotopic (exact) mass is 511 g/mol. The van der Waals surface area contributed by atoms with Gasteiger partial charge in [-0.05, 0) is 49.1 Å². The highest BCUT2D eigenvalue weighted by Gasteiger charge is 2.23. The van der Waals surface area contributed by atoms with Crippen LogP contribution in [0.25, 0.3) is 32.8 Å². The predicted octanol–water partition coefficient (Wildman–Crippen LogP) is 4.87. The van der Waals surface area contributed by atoms with Crippen LogP contribution < -0.4 is 10.5 Å². The van der Waals surface area contributed by atoms with E-state index in [0.29, 0.717) is 28.3 Å². The average Bonchev–Trinajstić information content (AvgIpc) is 3.27. The Kier molecular flexibility index (Phi) is 5.88. The Hall–Kier alpha value is -2.48. The van der Waals surface area contributed by atoms with Crippen LogP contribution in [0.5, 0.6) is 5.75 Å². The zero-order chi connectivity index (χ0) is 22.2. The van der Waals surface area contributed by atoms with Gasteiger partial charge in [-0.25, -0.2) is 9.78 Å². The fraction of sp³-hybridized carbons (Fsp3) is 0.280. The van der Waals surface area contributed by atoms with Crippen LogP contribution >= 0.6 is 27.3 Å². The van der Waals surface area contributed by atoms with Gasteiger partial charge in [-0.2, -0.15) is 0 Å². The number of halogens is 1. The van der Waals surface area contributed by atoms with Crippen LogP contribution in [0.3, 0.4) is 0 Å². The summed E-state index contributed by atoms with van der Waals surface area (Å²) in [5.74, 6) is 0.937. The smallest absolute Gasteiger partial charge is 0.346 e. The number of quaternary nitrogens is 1. The fourth-order valence-electron chi connectivity index (χ4n) is 4.30. The molecule has 1 saturated heterocycles. The van der Waals surface area contributed by atoms with Gasteiger partial charge < -0.3 is 14.4 Å². The van der Waals surface area contributed by atoms with Crippen molar-refractivity contribution in [3.8, 4) is 27.6 Å². The van der Waals surface area contributed by atoms with Crippen molar-refractivity contribution in [2.45, 2.75) is 26.3 Å². The number of nitrogens with one attached hydrogen (secondary N) is 1. The van der Waals surface area contributed by atoms with Gasteiger partial charge in [0.1, 0.15) is 17.3 Å². The van der Waals surface area contributed by atoms with Crippen LogP contribution in [0.4, 0.5) is 0 Å².